The number of aliphatic hydroxyl groups is 1. The predicted octanol–water partition coefficient (Wildman–Crippen LogP) is 6.38. The Labute approximate surface area is 267 Å². The van der Waals surface area contributed by atoms with Crippen molar-refractivity contribution in [3.05, 3.63) is 34.9 Å². The van der Waals surface area contributed by atoms with Crippen LogP contribution in [0.3, 0.4) is 0 Å². The van der Waals surface area contributed by atoms with E-state index in [4.69, 9.17) is 14.6 Å². The predicted molar refractivity (Wildman–Crippen MR) is 171 cm³/mol. The summed E-state index contributed by atoms with van der Waals surface area (Å²) in [6.45, 7) is 14.2. The van der Waals surface area contributed by atoms with E-state index in [1.807, 2.05) is 12.1 Å². The van der Waals surface area contributed by atoms with Crippen LogP contribution in [0.4, 0.5) is 0 Å². The molecule has 252 valence electrons. The molecule has 3 unspecified atom stereocenters. The van der Waals surface area contributed by atoms with Crippen LogP contribution < -0.4 is 14.8 Å². The van der Waals surface area contributed by atoms with Gasteiger partial charge in [0.2, 0.25) is 5.91 Å². The molecule has 0 aliphatic heterocycles. The number of nitrogens with one attached hydrogen (secondary N) is 1. The molecule has 45 heavy (non-hydrogen) atoms. The van der Waals surface area contributed by atoms with Gasteiger partial charge < -0.3 is 30.1 Å². The molecule has 4 atom stereocenters. The third kappa shape index (κ3) is 12.1. The molecule has 2 rings (SSSR count). The Morgan fingerprint density at radius 3 is 2.22 bits per heavy atom. The number of rotatable bonds is 17. The zero-order valence-corrected chi connectivity index (χ0v) is 28.0. The molecule has 0 fully saturated rings. The number of carbonyl (C=O) groups is 4. The highest BCUT2D eigenvalue weighted by atomic mass is 16.6. The number of hydrogen-bond donors (Lipinski definition) is 4. The highest BCUT2D eigenvalue weighted by Gasteiger charge is 2.38. The summed E-state index contributed by atoms with van der Waals surface area (Å²) in [6.07, 6.45) is 5.08. The maximum Gasteiger partial charge on any atom is 0.334 e. The average molecular weight is 632 g/mol. The van der Waals surface area contributed by atoms with Gasteiger partial charge in [0.1, 0.15) is 17.5 Å². The largest absolute Gasteiger partial charge is 0.481 e. The number of amides is 1. The minimum Gasteiger partial charge on any atom is -0.481 e. The number of allylic oxidation sites excluding steroid dienone is 2. The Morgan fingerprint density at radius 1 is 1.00 bits per heavy atom. The zero-order valence-electron chi connectivity index (χ0n) is 28.0. The first-order valence-corrected chi connectivity index (χ1v) is 16.2. The number of carbonyl (C=O) groups excluding carboxylic acids is 2. The number of aryl methyl sites for hydroxylation is 1. The molecule has 0 spiro atoms. The van der Waals surface area contributed by atoms with Crippen molar-refractivity contribution in [1.29, 1.82) is 0 Å². The van der Waals surface area contributed by atoms with Gasteiger partial charge in [-0.15, -0.1) is 0 Å². The molecule has 0 aromatic heterocycles. The highest BCUT2D eigenvalue weighted by Crippen LogP contribution is 2.51. The summed E-state index contributed by atoms with van der Waals surface area (Å²) in [5.74, 6) is -3.28. The quantitative estimate of drug-likeness (QED) is 0.0503. The van der Waals surface area contributed by atoms with Crippen molar-refractivity contribution in [3.8, 4) is 11.5 Å². The van der Waals surface area contributed by atoms with Gasteiger partial charge in [-0.2, -0.15) is 0 Å². The summed E-state index contributed by atoms with van der Waals surface area (Å²) in [5.41, 5.74) is 2.47. The smallest absolute Gasteiger partial charge is 0.334 e. The summed E-state index contributed by atoms with van der Waals surface area (Å²) in [5, 5.41) is 31.6. The Hall–Kier alpha value is -3.40. The van der Waals surface area contributed by atoms with E-state index in [0.717, 1.165) is 37.7 Å². The van der Waals surface area contributed by atoms with Crippen LogP contribution in [0, 0.1) is 17.3 Å². The van der Waals surface area contributed by atoms with E-state index in [1.54, 1.807) is 13.8 Å². The summed E-state index contributed by atoms with van der Waals surface area (Å²) in [6, 6.07) is 2.66. The van der Waals surface area contributed by atoms with Crippen LogP contribution >= 0.6 is 0 Å². The summed E-state index contributed by atoms with van der Waals surface area (Å²) in [7, 11) is 0. The fraction of sp³-hybridized carbons (Fsp3) is 0.657. The molecule has 10 nitrogen and oxygen atoms in total. The van der Waals surface area contributed by atoms with Crippen molar-refractivity contribution in [2.45, 2.75) is 131 Å². The van der Waals surface area contributed by atoms with E-state index in [-0.39, 0.29) is 54.6 Å². The first kappa shape index (κ1) is 37.8. The molecule has 4 N–H and O–H groups in total. The summed E-state index contributed by atoms with van der Waals surface area (Å²) in [4.78, 5) is 48.5. The number of benzene rings is 1. The van der Waals surface area contributed by atoms with E-state index < -0.39 is 36.1 Å². The molecule has 1 amide bonds. The van der Waals surface area contributed by atoms with Crippen LogP contribution in [-0.2, 0) is 25.6 Å². The minimum atomic E-state index is -1.40. The van der Waals surface area contributed by atoms with E-state index >= 15 is 0 Å². The Morgan fingerprint density at radius 2 is 1.64 bits per heavy atom. The Balaban J connectivity index is 2.70. The van der Waals surface area contributed by atoms with Crippen LogP contribution in [-0.4, -0.2) is 51.5 Å². The number of carboxylic acids is 2. The lowest BCUT2D eigenvalue weighted by atomic mass is 9.65. The third-order valence-corrected chi connectivity index (χ3v) is 8.31. The molecule has 0 saturated heterocycles. The summed E-state index contributed by atoms with van der Waals surface area (Å²) >= 11 is 0. The topological polar surface area (TPSA) is 159 Å². The molecule has 10 heteroatoms. The number of unbranched alkanes of at least 4 members (excludes halogenated alkanes) is 2. The van der Waals surface area contributed by atoms with E-state index in [1.165, 1.54) is 5.57 Å². The Kier molecular flexibility index (Phi) is 14.6. The van der Waals surface area contributed by atoms with E-state index in [9.17, 15) is 29.4 Å². The Bertz CT molecular complexity index is 1210. The molecule has 0 bridgehead atoms. The molecule has 1 aliphatic rings. The van der Waals surface area contributed by atoms with Gasteiger partial charge >= 0.3 is 17.9 Å². The van der Waals surface area contributed by atoms with Gasteiger partial charge in [0, 0.05) is 24.3 Å². The zero-order chi connectivity index (χ0) is 33.9. The molecule has 1 aromatic rings. The average Bonchev–Trinajstić information content (AvgIpc) is 2.92. The minimum absolute atomic E-state index is 0.121. The second-order valence-electron chi connectivity index (χ2n) is 13.6. The molecule has 1 aromatic carbocycles. The van der Waals surface area contributed by atoms with Crippen molar-refractivity contribution >= 4 is 23.8 Å². The molecular weight excluding hydrogens is 578 g/mol. The number of ether oxygens (including phenoxy) is 2. The van der Waals surface area contributed by atoms with Crippen LogP contribution in [0.25, 0.3) is 0 Å². The number of hydrogen-bond acceptors (Lipinski definition) is 7. The van der Waals surface area contributed by atoms with E-state index in [2.05, 4.69) is 46.0 Å². The lowest BCUT2D eigenvalue weighted by Crippen LogP contribution is -2.46. The highest BCUT2D eigenvalue weighted by molar-refractivity contribution is 5.87. The fourth-order valence-electron chi connectivity index (χ4n) is 5.80. The molecular formula is C35H53NO9. The van der Waals surface area contributed by atoms with Gasteiger partial charge in [-0.3, -0.25) is 14.4 Å². The lowest BCUT2D eigenvalue weighted by molar-refractivity contribution is -0.141. The molecule has 0 saturated carbocycles. The van der Waals surface area contributed by atoms with Crippen molar-refractivity contribution in [2.75, 3.05) is 0 Å². The first-order valence-electron chi connectivity index (χ1n) is 16.2. The van der Waals surface area contributed by atoms with Crippen LogP contribution in [0.2, 0.25) is 0 Å². The van der Waals surface area contributed by atoms with Gasteiger partial charge in [0.25, 0.3) is 0 Å². The van der Waals surface area contributed by atoms with Crippen molar-refractivity contribution < 1.29 is 44.0 Å². The standard InChI is InChI=1S/C35H53NO9/c1-8-9-10-11-23-19-26(44-31(42)17-16-30(40)41)32(24-18-22(4)12-13-25(24)35(5,6)7)27(20-23)45-34(43)33(21(2)3)36-28(37)14-15-29(38)39/h18-21,24-25,31,33,42H,8-17H2,1-7H3,(H,36,37)(H,38,39)(H,40,41)/t24?,25?,31?,33-/m0/s1. The lowest BCUT2D eigenvalue weighted by Gasteiger charge is -2.40. The second-order valence-corrected chi connectivity index (χ2v) is 13.6. The molecule has 0 heterocycles. The van der Waals surface area contributed by atoms with Crippen molar-refractivity contribution in [1.82, 2.24) is 5.32 Å². The van der Waals surface area contributed by atoms with Crippen LogP contribution in [0.1, 0.15) is 123 Å². The van der Waals surface area contributed by atoms with Crippen molar-refractivity contribution in [3.63, 3.8) is 0 Å². The first-order chi connectivity index (χ1) is 21.0. The molecule has 0 radical (unpaired) electrons. The van der Waals surface area contributed by atoms with Crippen LogP contribution in [0.5, 0.6) is 11.5 Å². The third-order valence-electron chi connectivity index (χ3n) is 8.31. The van der Waals surface area contributed by atoms with Gasteiger partial charge in [-0.25, -0.2) is 4.79 Å². The summed E-state index contributed by atoms with van der Waals surface area (Å²) < 4.78 is 12.2. The normalized spacial score (nSPS) is 18.1. The van der Waals surface area contributed by atoms with Gasteiger partial charge in [0.05, 0.1) is 12.8 Å². The SMILES string of the molecule is CCCCCc1cc(OC(=O)[C@@H](NC(=O)CCC(=O)O)C(C)C)c(C2C=C(C)CCC2C(C)(C)C)c(OC(O)CCC(=O)O)c1. The second kappa shape index (κ2) is 17.3. The van der Waals surface area contributed by atoms with E-state index in [0.29, 0.717) is 17.7 Å². The maximum atomic E-state index is 13.8. The van der Waals surface area contributed by atoms with Crippen LogP contribution in [0.15, 0.2) is 23.8 Å². The number of esters is 1. The maximum absolute atomic E-state index is 13.8. The number of aliphatic hydroxyl groups excluding tert-OH is 1. The van der Waals surface area contributed by atoms with Crippen molar-refractivity contribution in [2.24, 2.45) is 17.3 Å². The monoisotopic (exact) mass is 631 g/mol. The van der Waals surface area contributed by atoms with Gasteiger partial charge in [0.15, 0.2) is 6.29 Å². The van der Waals surface area contributed by atoms with Gasteiger partial charge in [-0.05, 0) is 67.6 Å². The number of carboxylic acid groups (broad SMARTS) is 2. The molecule has 1 aliphatic carbocycles. The van der Waals surface area contributed by atoms with Gasteiger partial charge in [-0.1, -0.05) is 66.0 Å². The fourth-order valence-corrected chi connectivity index (χ4v) is 5.80. The number of aliphatic carboxylic acids is 2.